The van der Waals surface area contributed by atoms with Gasteiger partial charge in [-0.3, -0.25) is 0 Å². The summed E-state index contributed by atoms with van der Waals surface area (Å²) in [6.45, 7) is 2.74. The van der Waals surface area contributed by atoms with Gasteiger partial charge in [0, 0.05) is 32.9 Å². The first kappa shape index (κ1) is 12.2. The van der Waals surface area contributed by atoms with E-state index in [1.54, 1.807) is 6.33 Å². The molecule has 5 heteroatoms. The van der Waals surface area contributed by atoms with Crippen LogP contribution in [-0.2, 0) is 26.6 Å². The number of hydrogen-bond acceptors (Lipinski definition) is 4. The van der Waals surface area contributed by atoms with Crippen molar-refractivity contribution in [2.45, 2.75) is 19.5 Å². The Morgan fingerprint density at radius 1 is 1.26 bits per heavy atom. The molecule has 1 aromatic carbocycles. The van der Waals surface area contributed by atoms with Crippen LogP contribution in [0.25, 0.3) is 0 Å². The molecule has 0 unspecified atom stereocenters. The van der Waals surface area contributed by atoms with Crippen LogP contribution in [-0.4, -0.2) is 28.4 Å². The monoisotopic (exact) mass is 257 g/mol. The van der Waals surface area contributed by atoms with Gasteiger partial charge in [0.15, 0.2) is 0 Å². The fourth-order valence-corrected chi connectivity index (χ4v) is 2.52. The van der Waals surface area contributed by atoms with E-state index in [-0.39, 0.29) is 0 Å². The number of likely N-dealkylation sites (N-methyl/N-ethyl adjacent to an activating group) is 1. The Hall–Kier alpha value is -1.88. The van der Waals surface area contributed by atoms with Crippen molar-refractivity contribution in [3.05, 3.63) is 41.5 Å². The van der Waals surface area contributed by atoms with Crippen LogP contribution in [0.1, 0.15) is 17.0 Å². The van der Waals surface area contributed by atoms with Crippen LogP contribution >= 0.6 is 0 Å². The lowest BCUT2D eigenvalue weighted by Crippen LogP contribution is -2.16. The minimum atomic E-state index is 0.744. The quantitative estimate of drug-likeness (QED) is 0.891. The number of anilines is 1. The standard InChI is InChI=1S/C14H19N5/c1-18-6-5-12-7-11(3-4-13(12)18)8-15-9-14-17-16-10-19(14)2/h3-4,7,10,15H,5-6,8-9H2,1-2H3. The minimum absolute atomic E-state index is 0.744. The first-order valence-corrected chi connectivity index (χ1v) is 6.60. The van der Waals surface area contributed by atoms with Crippen LogP contribution in [0.5, 0.6) is 0 Å². The van der Waals surface area contributed by atoms with E-state index in [1.165, 1.54) is 16.8 Å². The lowest BCUT2D eigenvalue weighted by Gasteiger charge is -2.12. The van der Waals surface area contributed by atoms with E-state index >= 15 is 0 Å². The van der Waals surface area contributed by atoms with E-state index in [2.05, 4.69) is 45.7 Å². The molecule has 0 fully saturated rings. The molecule has 1 N–H and O–H groups in total. The maximum Gasteiger partial charge on any atom is 0.146 e. The third-order valence-corrected chi connectivity index (χ3v) is 3.69. The highest BCUT2D eigenvalue weighted by atomic mass is 15.3. The summed E-state index contributed by atoms with van der Waals surface area (Å²) in [4.78, 5) is 2.31. The molecule has 1 aliphatic rings. The van der Waals surface area contributed by atoms with E-state index < -0.39 is 0 Å². The molecule has 0 saturated heterocycles. The average Bonchev–Trinajstić information content (AvgIpc) is 2.97. The van der Waals surface area contributed by atoms with E-state index in [9.17, 15) is 0 Å². The predicted octanol–water partition coefficient (Wildman–Crippen LogP) is 1.10. The molecule has 2 aromatic rings. The van der Waals surface area contributed by atoms with Crippen LogP contribution < -0.4 is 10.2 Å². The Morgan fingerprint density at radius 2 is 2.16 bits per heavy atom. The first-order chi connectivity index (χ1) is 9.24. The SMILES string of the molecule is CN1CCc2cc(CNCc3nncn3C)ccc21. The highest BCUT2D eigenvalue weighted by Crippen LogP contribution is 2.27. The number of fused-ring (bicyclic) bond motifs is 1. The lowest BCUT2D eigenvalue weighted by molar-refractivity contribution is 0.637. The number of benzene rings is 1. The first-order valence-electron chi connectivity index (χ1n) is 6.60. The van der Waals surface area contributed by atoms with Gasteiger partial charge >= 0.3 is 0 Å². The molecule has 3 rings (SSSR count). The molecule has 0 amide bonds. The van der Waals surface area contributed by atoms with Crippen LogP contribution in [0.2, 0.25) is 0 Å². The largest absolute Gasteiger partial charge is 0.374 e. The summed E-state index contributed by atoms with van der Waals surface area (Å²) in [7, 11) is 4.11. The van der Waals surface area contributed by atoms with Crippen molar-refractivity contribution in [3.8, 4) is 0 Å². The summed E-state index contributed by atoms with van der Waals surface area (Å²) < 4.78 is 1.94. The molecule has 0 atom stereocenters. The molecule has 0 bridgehead atoms. The van der Waals surface area contributed by atoms with Gasteiger partial charge in [0.05, 0.1) is 6.54 Å². The lowest BCUT2D eigenvalue weighted by atomic mass is 10.1. The van der Waals surface area contributed by atoms with E-state index in [4.69, 9.17) is 0 Å². The van der Waals surface area contributed by atoms with Crippen LogP contribution in [0, 0.1) is 0 Å². The molecule has 0 saturated carbocycles. The molecule has 0 aliphatic carbocycles. The van der Waals surface area contributed by atoms with Gasteiger partial charge in [-0.25, -0.2) is 0 Å². The Morgan fingerprint density at radius 3 is 2.95 bits per heavy atom. The van der Waals surface area contributed by atoms with E-state index in [0.717, 1.165) is 31.9 Å². The zero-order valence-corrected chi connectivity index (χ0v) is 11.4. The molecule has 0 radical (unpaired) electrons. The predicted molar refractivity (Wildman–Crippen MR) is 75.0 cm³/mol. The molecule has 1 aliphatic heterocycles. The van der Waals surface area contributed by atoms with Gasteiger partial charge in [-0.2, -0.15) is 0 Å². The second-order valence-corrected chi connectivity index (χ2v) is 5.10. The van der Waals surface area contributed by atoms with Crippen LogP contribution in [0.4, 0.5) is 5.69 Å². The Labute approximate surface area is 113 Å². The second-order valence-electron chi connectivity index (χ2n) is 5.10. The number of rotatable bonds is 4. The zero-order chi connectivity index (χ0) is 13.2. The highest BCUT2D eigenvalue weighted by Gasteiger charge is 2.15. The number of nitrogens with zero attached hydrogens (tertiary/aromatic N) is 4. The Kier molecular flexibility index (Phi) is 3.21. The van der Waals surface area contributed by atoms with Gasteiger partial charge < -0.3 is 14.8 Å². The minimum Gasteiger partial charge on any atom is -0.374 e. The van der Waals surface area contributed by atoms with Crippen molar-refractivity contribution in [2.75, 3.05) is 18.5 Å². The van der Waals surface area contributed by atoms with Crippen molar-refractivity contribution in [2.24, 2.45) is 7.05 Å². The molecule has 19 heavy (non-hydrogen) atoms. The third kappa shape index (κ3) is 2.46. The van der Waals surface area contributed by atoms with Crippen molar-refractivity contribution < 1.29 is 0 Å². The number of aryl methyl sites for hydroxylation is 1. The topological polar surface area (TPSA) is 46.0 Å². The molecular weight excluding hydrogens is 238 g/mol. The summed E-state index contributed by atoms with van der Waals surface area (Å²) in [5, 5.41) is 11.3. The molecule has 0 spiro atoms. The summed E-state index contributed by atoms with van der Waals surface area (Å²) in [5.41, 5.74) is 4.16. The van der Waals surface area contributed by atoms with Crippen molar-refractivity contribution >= 4 is 5.69 Å². The normalized spacial score (nSPS) is 13.9. The maximum atomic E-state index is 4.06. The van der Waals surface area contributed by atoms with Gasteiger partial charge in [-0.05, 0) is 23.6 Å². The number of nitrogens with one attached hydrogen (secondary N) is 1. The number of aromatic nitrogens is 3. The summed E-state index contributed by atoms with van der Waals surface area (Å²) >= 11 is 0. The molecule has 5 nitrogen and oxygen atoms in total. The van der Waals surface area contributed by atoms with Gasteiger partial charge in [-0.15, -0.1) is 10.2 Å². The molecule has 2 heterocycles. The van der Waals surface area contributed by atoms with Crippen molar-refractivity contribution in [1.82, 2.24) is 20.1 Å². The van der Waals surface area contributed by atoms with Crippen LogP contribution in [0.15, 0.2) is 24.5 Å². The Bertz CT molecular complexity index is 575. The third-order valence-electron chi connectivity index (χ3n) is 3.69. The van der Waals surface area contributed by atoms with Crippen molar-refractivity contribution in [3.63, 3.8) is 0 Å². The number of hydrogen-bond donors (Lipinski definition) is 1. The van der Waals surface area contributed by atoms with Crippen LogP contribution in [0.3, 0.4) is 0 Å². The summed E-state index contributed by atoms with van der Waals surface area (Å²) in [6.07, 6.45) is 2.88. The molecule has 100 valence electrons. The fourth-order valence-electron chi connectivity index (χ4n) is 2.52. The fraction of sp³-hybridized carbons (Fsp3) is 0.429. The highest BCUT2D eigenvalue weighted by molar-refractivity contribution is 5.58. The summed E-state index contributed by atoms with van der Waals surface area (Å²) in [6, 6.07) is 6.73. The zero-order valence-electron chi connectivity index (χ0n) is 11.4. The maximum absolute atomic E-state index is 4.06. The average molecular weight is 257 g/mol. The Balaban J connectivity index is 1.60. The smallest absolute Gasteiger partial charge is 0.146 e. The van der Waals surface area contributed by atoms with Gasteiger partial charge in [-0.1, -0.05) is 12.1 Å². The molecular formula is C14H19N5. The van der Waals surface area contributed by atoms with Gasteiger partial charge in [0.1, 0.15) is 12.2 Å². The van der Waals surface area contributed by atoms with Crippen molar-refractivity contribution in [1.29, 1.82) is 0 Å². The van der Waals surface area contributed by atoms with E-state index in [1.807, 2.05) is 11.6 Å². The second kappa shape index (κ2) is 5.01. The van der Waals surface area contributed by atoms with Gasteiger partial charge in [0.2, 0.25) is 0 Å². The summed E-state index contributed by atoms with van der Waals surface area (Å²) in [5.74, 6) is 0.959. The molecule has 1 aromatic heterocycles. The van der Waals surface area contributed by atoms with Gasteiger partial charge in [0.25, 0.3) is 0 Å². The van der Waals surface area contributed by atoms with E-state index in [0.29, 0.717) is 0 Å².